The summed E-state index contributed by atoms with van der Waals surface area (Å²) in [5, 5.41) is 34.4. The van der Waals surface area contributed by atoms with Gasteiger partial charge in [0.05, 0.1) is 48.8 Å². The van der Waals surface area contributed by atoms with Crippen LogP contribution in [0.4, 0.5) is 18.0 Å². The highest BCUT2D eigenvalue weighted by molar-refractivity contribution is 5.95. The third kappa shape index (κ3) is 8.87. The molecular weight excluding hydrogens is 657 g/mol. The number of alkyl halides is 3. The second-order valence-corrected chi connectivity index (χ2v) is 11.6. The lowest BCUT2D eigenvalue weighted by Crippen LogP contribution is -2.52. The second-order valence-electron chi connectivity index (χ2n) is 11.6. The number of hydrogen-bond donors (Lipinski definition) is 4. The van der Waals surface area contributed by atoms with Gasteiger partial charge in [0, 0.05) is 11.1 Å². The van der Waals surface area contributed by atoms with Crippen LogP contribution in [0.5, 0.6) is 11.5 Å². The maximum Gasteiger partial charge on any atom is 0.424 e. The number of carbonyl (C=O) groups is 2. The predicted octanol–water partition coefficient (Wildman–Crippen LogP) is 5.34. The van der Waals surface area contributed by atoms with Gasteiger partial charge in [-0.05, 0) is 67.4 Å². The third-order valence-corrected chi connectivity index (χ3v) is 7.66. The Morgan fingerprint density at radius 2 is 1.66 bits per heavy atom. The zero-order chi connectivity index (χ0) is 36.5. The van der Waals surface area contributed by atoms with Gasteiger partial charge in [-0.3, -0.25) is 4.79 Å². The van der Waals surface area contributed by atoms with Crippen LogP contribution in [-0.2, 0) is 22.5 Å². The van der Waals surface area contributed by atoms with E-state index in [2.05, 4.69) is 15.6 Å². The van der Waals surface area contributed by atoms with Gasteiger partial charge >= 0.3 is 12.3 Å². The first-order valence-electron chi connectivity index (χ1n) is 15.2. The molecule has 0 saturated carbocycles. The summed E-state index contributed by atoms with van der Waals surface area (Å²) in [4.78, 5) is 30.1. The molecule has 50 heavy (non-hydrogen) atoms. The summed E-state index contributed by atoms with van der Waals surface area (Å²) in [5.41, 5.74) is -4.58. The average Bonchev–Trinajstić information content (AvgIpc) is 3.11. The van der Waals surface area contributed by atoms with Gasteiger partial charge in [-0.25, -0.2) is 9.78 Å². The monoisotopic (exact) mass is 692 g/mol. The van der Waals surface area contributed by atoms with Gasteiger partial charge in [0.15, 0.2) is 11.5 Å². The molecule has 1 atom stereocenters. The molecule has 1 heterocycles. The summed E-state index contributed by atoms with van der Waals surface area (Å²) in [5.74, 6) is -0.677. The fourth-order valence-corrected chi connectivity index (χ4v) is 4.78. The highest BCUT2D eigenvalue weighted by Crippen LogP contribution is 2.40. The number of pyridine rings is 1. The second kappa shape index (κ2) is 15.7. The molecule has 4 N–H and O–H groups in total. The summed E-state index contributed by atoms with van der Waals surface area (Å²) >= 11 is 0. The van der Waals surface area contributed by atoms with Crippen molar-refractivity contribution in [1.29, 1.82) is 5.26 Å². The smallest absolute Gasteiger partial charge is 0.424 e. The summed E-state index contributed by atoms with van der Waals surface area (Å²) in [7, 11) is 1.30. The number of halogens is 3. The van der Waals surface area contributed by atoms with Crippen molar-refractivity contribution in [3.05, 3.63) is 113 Å². The molecule has 14 heteroatoms. The van der Waals surface area contributed by atoms with E-state index in [0.29, 0.717) is 11.1 Å². The van der Waals surface area contributed by atoms with Gasteiger partial charge in [0.1, 0.15) is 13.2 Å². The van der Waals surface area contributed by atoms with Gasteiger partial charge in [0.2, 0.25) is 5.60 Å². The lowest BCUT2D eigenvalue weighted by molar-refractivity contribution is -0.265. The summed E-state index contributed by atoms with van der Waals surface area (Å²) in [6.45, 7) is 1.34. The Balaban J connectivity index is 1.70. The van der Waals surface area contributed by atoms with Crippen molar-refractivity contribution in [3.63, 3.8) is 0 Å². The molecule has 3 aromatic carbocycles. The van der Waals surface area contributed by atoms with Crippen LogP contribution in [-0.4, -0.2) is 60.2 Å². The zero-order valence-electron chi connectivity index (χ0n) is 27.4. The van der Waals surface area contributed by atoms with E-state index in [4.69, 9.17) is 19.3 Å². The largest absolute Gasteiger partial charge is 0.493 e. The molecule has 0 radical (unpaired) electrons. The van der Waals surface area contributed by atoms with Crippen LogP contribution >= 0.6 is 0 Å². The van der Waals surface area contributed by atoms with Crippen molar-refractivity contribution in [2.24, 2.45) is 0 Å². The Kier molecular flexibility index (Phi) is 11.7. The van der Waals surface area contributed by atoms with Crippen molar-refractivity contribution in [1.82, 2.24) is 15.6 Å². The number of methoxy groups -OCH3 is 1. The molecular formula is C36H35F3N4O7. The standard InChI is InChI=1S/C36H35F3N4O7/c1-34(2,43-33(46)50-21-24-7-5-4-6-8-24)27-18-28(25-11-9-23(20-40)10-12-25)42-31(19-27)35(47,36(37,38)39)22-41-32(45)26-13-14-29(49-16-15-44)30(17-26)48-3/h4-14,17-19,44,47H,15-16,21-22H2,1-3H3,(H,41,45)(H,43,46). The minimum Gasteiger partial charge on any atom is -0.493 e. The Hall–Kier alpha value is -5.65. The molecule has 4 rings (SSSR count). The Labute approximate surface area is 286 Å². The first-order chi connectivity index (χ1) is 23.7. The van der Waals surface area contributed by atoms with E-state index in [1.54, 1.807) is 30.3 Å². The Morgan fingerprint density at radius 3 is 2.28 bits per heavy atom. The van der Waals surface area contributed by atoms with Crippen molar-refractivity contribution in [3.8, 4) is 28.8 Å². The number of aromatic nitrogens is 1. The number of nitrogens with one attached hydrogen (secondary N) is 2. The number of nitrogens with zero attached hydrogens (tertiary/aromatic N) is 2. The molecule has 0 bridgehead atoms. The van der Waals surface area contributed by atoms with Gasteiger partial charge in [-0.1, -0.05) is 42.5 Å². The molecule has 0 aliphatic carbocycles. The maximum atomic E-state index is 14.8. The maximum absolute atomic E-state index is 14.8. The topological polar surface area (TPSA) is 163 Å². The molecule has 0 fully saturated rings. The molecule has 2 amide bonds. The van der Waals surface area contributed by atoms with E-state index in [-0.39, 0.29) is 48.1 Å². The predicted molar refractivity (Wildman–Crippen MR) is 175 cm³/mol. The number of rotatable bonds is 13. The molecule has 4 aromatic rings. The van der Waals surface area contributed by atoms with Crippen molar-refractivity contribution < 1.29 is 47.2 Å². The minimum atomic E-state index is -5.35. The number of ether oxygens (including phenoxy) is 3. The molecule has 0 spiro atoms. The Morgan fingerprint density at radius 1 is 0.960 bits per heavy atom. The van der Waals surface area contributed by atoms with Gasteiger partial charge in [-0.15, -0.1) is 0 Å². The van der Waals surface area contributed by atoms with Gasteiger partial charge in [0.25, 0.3) is 5.91 Å². The zero-order valence-corrected chi connectivity index (χ0v) is 27.4. The third-order valence-electron chi connectivity index (χ3n) is 7.66. The number of amides is 2. The van der Waals surface area contributed by atoms with E-state index in [1.165, 1.54) is 69.5 Å². The summed E-state index contributed by atoms with van der Waals surface area (Å²) in [6, 6.07) is 23.0. The number of nitriles is 1. The number of hydrogen-bond acceptors (Lipinski definition) is 9. The van der Waals surface area contributed by atoms with Crippen LogP contribution in [0, 0.1) is 11.3 Å². The van der Waals surface area contributed by atoms with Gasteiger partial charge < -0.3 is 35.1 Å². The average molecular weight is 693 g/mol. The number of aliphatic hydroxyl groups excluding tert-OH is 1. The molecule has 11 nitrogen and oxygen atoms in total. The number of aliphatic hydroxyl groups is 2. The highest BCUT2D eigenvalue weighted by atomic mass is 19.4. The van der Waals surface area contributed by atoms with Crippen LogP contribution in [0.2, 0.25) is 0 Å². The van der Waals surface area contributed by atoms with Crippen molar-refractivity contribution >= 4 is 12.0 Å². The van der Waals surface area contributed by atoms with E-state index in [9.17, 15) is 33.1 Å². The molecule has 0 saturated heterocycles. The quantitative estimate of drug-likeness (QED) is 0.145. The highest BCUT2D eigenvalue weighted by Gasteiger charge is 2.56. The first kappa shape index (κ1) is 37.2. The van der Waals surface area contributed by atoms with Crippen LogP contribution in [0.15, 0.2) is 84.9 Å². The summed E-state index contributed by atoms with van der Waals surface area (Å²) in [6.07, 6.45) is -6.20. The van der Waals surface area contributed by atoms with E-state index >= 15 is 0 Å². The fourth-order valence-electron chi connectivity index (χ4n) is 4.78. The molecule has 1 unspecified atom stereocenters. The molecule has 0 aliphatic heterocycles. The van der Waals surface area contributed by atoms with Crippen molar-refractivity contribution in [2.45, 2.75) is 37.8 Å². The van der Waals surface area contributed by atoms with Crippen molar-refractivity contribution in [2.75, 3.05) is 26.9 Å². The van der Waals surface area contributed by atoms with Crippen LogP contribution in [0.25, 0.3) is 11.3 Å². The first-order valence-corrected chi connectivity index (χ1v) is 15.2. The lowest BCUT2D eigenvalue weighted by atomic mass is 9.88. The molecule has 0 aliphatic rings. The van der Waals surface area contributed by atoms with Crippen LogP contribution < -0.4 is 20.1 Å². The lowest BCUT2D eigenvalue weighted by Gasteiger charge is -2.33. The Bertz CT molecular complexity index is 1850. The van der Waals surface area contributed by atoms with Crippen LogP contribution in [0.1, 0.15) is 46.6 Å². The summed E-state index contributed by atoms with van der Waals surface area (Å²) < 4.78 is 60.4. The number of carbonyl (C=O) groups excluding carboxylic acids is 2. The normalized spacial score (nSPS) is 12.6. The van der Waals surface area contributed by atoms with Gasteiger partial charge in [-0.2, -0.15) is 18.4 Å². The van der Waals surface area contributed by atoms with Crippen LogP contribution in [0.3, 0.4) is 0 Å². The SMILES string of the molecule is COc1cc(C(=O)NCC(O)(c2cc(C(C)(C)NC(=O)OCc3ccccc3)cc(-c3ccc(C#N)cc3)n2)C(F)(F)F)ccc1OCCO. The van der Waals surface area contributed by atoms with E-state index < -0.39 is 41.6 Å². The minimum absolute atomic E-state index is 0.00766. The number of benzene rings is 3. The molecule has 262 valence electrons. The van der Waals surface area contributed by atoms with E-state index in [1.807, 2.05) is 6.07 Å². The molecule has 1 aromatic heterocycles. The number of alkyl carbamates (subject to hydrolysis) is 1. The van der Waals surface area contributed by atoms with E-state index in [0.717, 1.165) is 11.6 Å². The fraction of sp³-hybridized carbons (Fsp3) is 0.278.